The number of aliphatic hydroxyl groups excluding tert-OH is 2. The van der Waals surface area contributed by atoms with E-state index in [-0.39, 0.29) is 22.3 Å². The number of amides is 2. The molecule has 0 aromatic heterocycles. The van der Waals surface area contributed by atoms with Crippen LogP contribution in [0.4, 0.5) is 4.79 Å². The fourth-order valence-electron chi connectivity index (χ4n) is 2.17. The van der Waals surface area contributed by atoms with E-state index in [2.05, 4.69) is 37.2 Å². The number of alkyl halides is 2. The Morgan fingerprint density at radius 1 is 1.57 bits per heavy atom. The zero-order valence-corrected chi connectivity index (χ0v) is 15.9. The van der Waals surface area contributed by atoms with Crippen molar-refractivity contribution in [1.82, 2.24) is 10.2 Å². The Kier molecular flexibility index (Phi) is 8.65. The van der Waals surface area contributed by atoms with Gasteiger partial charge >= 0.3 is 6.03 Å². The van der Waals surface area contributed by atoms with Crippen LogP contribution in [0.5, 0.6) is 0 Å². The highest BCUT2D eigenvalue weighted by Crippen LogP contribution is 2.26. The number of nitrogens with zero attached hydrogens (tertiary/aromatic N) is 1. The number of nitrogens with one attached hydrogen (secondary N) is 1. The van der Waals surface area contributed by atoms with E-state index in [0.29, 0.717) is 6.29 Å². The molecule has 1 rings (SSSR count). The summed E-state index contributed by atoms with van der Waals surface area (Å²) in [6.07, 6.45) is -1.12. The van der Waals surface area contributed by atoms with Gasteiger partial charge in [-0.25, -0.2) is 4.79 Å². The van der Waals surface area contributed by atoms with Gasteiger partial charge in [0.15, 0.2) is 0 Å². The molecular formula is C13H20Br2N2O6. The minimum atomic E-state index is -0.899. The molecule has 0 spiro atoms. The van der Waals surface area contributed by atoms with E-state index in [9.17, 15) is 14.7 Å². The van der Waals surface area contributed by atoms with Crippen LogP contribution in [-0.2, 0) is 14.3 Å². The molecule has 0 bridgehead atoms. The molecule has 1 heterocycles. The van der Waals surface area contributed by atoms with Crippen molar-refractivity contribution >= 4 is 44.2 Å². The monoisotopic (exact) mass is 458 g/mol. The molecule has 3 N–H and O–H groups in total. The van der Waals surface area contributed by atoms with Gasteiger partial charge in [0.1, 0.15) is 28.5 Å². The molecule has 0 radical (unpaired) electrons. The van der Waals surface area contributed by atoms with E-state index >= 15 is 0 Å². The van der Waals surface area contributed by atoms with Crippen LogP contribution in [0.2, 0.25) is 0 Å². The highest BCUT2D eigenvalue weighted by molar-refractivity contribution is 9.24. The quantitative estimate of drug-likeness (QED) is 0.287. The first-order valence-corrected chi connectivity index (χ1v) is 8.64. The minimum Gasteiger partial charge on any atom is -0.394 e. The lowest BCUT2D eigenvalue weighted by molar-refractivity contribution is -0.106. The largest absolute Gasteiger partial charge is 0.394 e. The number of hydrogen-bond donors (Lipinski definition) is 3. The van der Waals surface area contributed by atoms with Crippen molar-refractivity contribution < 1.29 is 29.3 Å². The van der Waals surface area contributed by atoms with Crippen molar-refractivity contribution in [1.29, 1.82) is 0 Å². The summed E-state index contributed by atoms with van der Waals surface area (Å²) in [5, 5.41) is 21.4. The zero-order valence-electron chi connectivity index (χ0n) is 12.7. The second-order valence-electron chi connectivity index (χ2n) is 4.81. The van der Waals surface area contributed by atoms with Crippen LogP contribution in [0.25, 0.3) is 0 Å². The highest BCUT2D eigenvalue weighted by Gasteiger charge is 2.38. The number of halogens is 2. The van der Waals surface area contributed by atoms with E-state index in [0.717, 1.165) is 4.90 Å². The standard InChI is InChI=1S/C13H20Br2N2O6/c1-16-13(21)17(10-3-8(20)9(6-19)23-10)4-7(5-18)11(22-2)12(14)15/h4-5,8-12,19-20H,3,6H2,1-2H3,(H,16,21)/b7-4+/t8-,9+,10+,11?/m0/s1. The molecule has 1 saturated heterocycles. The summed E-state index contributed by atoms with van der Waals surface area (Å²) in [5.41, 5.74) is 0.195. The number of aldehydes is 1. The number of urea groups is 1. The number of methoxy groups -OCH3 is 1. The summed E-state index contributed by atoms with van der Waals surface area (Å²) in [5.74, 6) is 0. The molecule has 0 saturated carbocycles. The predicted octanol–water partition coefficient (Wildman–Crippen LogP) is 0.310. The van der Waals surface area contributed by atoms with E-state index in [1.807, 2.05) is 0 Å². The fourth-order valence-corrected chi connectivity index (χ4v) is 3.21. The maximum atomic E-state index is 12.1. The van der Waals surface area contributed by atoms with Crippen molar-refractivity contribution in [3.63, 3.8) is 0 Å². The molecular weight excluding hydrogens is 440 g/mol. The smallest absolute Gasteiger partial charge is 0.323 e. The van der Waals surface area contributed by atoms with Gasteiger partial charge in [-0.2, -0.15) is 0 Å². The summed E-state index contributed by atoms with van der Waals surface area (Å²) in [7, 11) is 2.86. The predicted molar refractivity (Wildman–Crippen MR) is 89.3 cm³/mol. The molecule has 1 fully saturated rings. The van der Waals surface area contributed by atoms with Gasteiger partial charge in [0.05, 0.1) is 12.7 Å². The second-order valence-corrected chi connectivity index (χ2v) is 8.02. The molecule has 2 amide bonds. The maximum Gasteiger partial charge on any atom is 0.323 e. The van der Waals surface area contributed by atoms with Crippen molar-refractivity contribution in [3.05, 3.63) is 11.8 Å². The van der Waals surface area contributed by atoms with Gasteiger partial charge < -0.3 is 25.0 Å². The van der Waals surface area contributed by atoms with Crippen molar-refractivity contribution in [2.24, 2.45) is 0 Å². The van der Waals surface area contributed by atoms with Crippen LogP contribution >= 0.6 is 31.9 Å². The van der Waals surface area contributed by atoms with Crippen LogP contribution in [0.15, 0.2) is 11.8 Å². The summed E-state index contributed by atoms with van der Waals surface area (Å²) >= 11 is 6.54. The van der Waals surface area contributed by atoms with Crippen molar-refractivity contribution in [2.75, 3.05) is 20.8 Å². The van der Waals surface area contributed by atoms with Crippen molar-refractivity contribution in [2.45, 2.75) is 34.7 Å². The Balaban J connectivity index is 3.09. The number of aliphatic hydroxyl groups is 2. The number of carbonyl (C=O) groups excluding carboxylic acids is 2. The van der Waals surface area contributed by atoms with Gasteiger partial charge in [0.25, 0.3) is 0 Å². The summed E-state index contributed by atoms with van der Waals surface area (Å²) < 4.78 is 10.3. The number of ether oxygens (including phenoxy) is 2. The molecule has 132 valence electrons. The van der Waals surface area contributed by atoms with Crippen LogP contribution in [0.3, 0.4) is 0 Å². The Morgan fingerprint density at radius 3 is 2.61 bits per heavy atom. The second kappa shape index (κ2) is 9.70. The van der Waals surface area contributed by atoms with Crippen LogP contribution in [0.1, 0.15) is 6.42 Å². The molecule has 1 unspecified atom stereocenters. The minimum absolute atomic E-state index is 0.116. The van der Waals surface area contributed by atoms with E-state index < -0.39 is 30.6 Å². The van der Waals surface area contributed by atoms with Gasteiger partial charge in [-0.1, -0.05) is 31.9 Å². The van der Waals surface area contributed by atoms with Crippen LogP contribution in [-0.4, -0.2) is 76.5 Å². The lowest BCUT2D eigenvalue weighted by atomic mass is 10.1. The first-order valence-electron chi connectivity index (χ1n) is 6.81. The van der Waals surface area contributed by atoms with Crippen LogP contribution in [0, 0.1) is 0 Å². The Bertz CT molecular complexity index is 448. The van der Waals surface area contributed by atoms with E-state index in [1.165, 1.54) is 20.4 Å². The molecule has 0 aliphatic carbocycles. The Labute approximate surface area is 151 Å². The number of carbonyl (C=O) groups is 2. The van der Waals surface area contributed by atoms with Gasteiger partial charge in [-0.15, -0.1) is 0 Å². The Morgan fingerprint density at radius 2 is 2.22 bits per heavy atom. The van der Waals surface area contributed by atoms with Crippen molar-refractivity contribution in [3.8, 4) is 0 Å². The SMILES string of the molecule is CNC(=O)N(/C=C(\C=O)C(OC)C(Br)Br)[C@H]1C[C@H](O)[C@@H](CO)O1. The lowest BCUT2D eigenvalue weighted by Crippen LogP contribution is -2.42. The molecule has 1 aliphatic heterocycles. The first-order chi connectivity index (χ1) is 10.9. The van der Waals surface area contributed by atoms with Gasteiger partial charge in [0, 0.05) is 32.4 Å². The molecule has 10 heteroatoms. The van der Waals surface area contributed by atoms with E-state index in [1.54, 1.807) is 0 Å². The molecule has 4 atom stereocenters. The topological polar surface area (TPSA) is 108 Å². The van der Waals surface area contributed by atoms with Gasteiger partial charge in [-0.3, -0.25) is 9.69 Å². The zero-order chi connectivity index (χ0) is 17.6. The summed E-state index contributed by atoms with van der Waals surface area (Å²) in [6.45, 7) is -0.366. The fraction of sp³-hybridized carbons (Fsp3) is 0.692. The lowest BCUT2D eigenvalue weighted by Gasteiger charge is -2.27. The number of hydrogen-bond acceptors (Lipinski definition) is 6. The molecule has 1 aliphatic rings. The van der Waals surface area contributed by atoms with Gasteiger partial charge in [-0.05, 0) is 0 Å². The average molecular weight is 460 g/mol. The highest BCUT2D eigenvalue weighted by atomic mass is 79.9. The summed E-state index contributed by atoms with van der Waals surface area (Å²) in [6, 6.07) is -0.518. The summed E-state index contributed by atoms with van der Waals surface area (Å²) in [4.78, 5) is 24.6. The maximum absolute atomic E-state index is 12.1. The van der Waals surface area contributed by atoms with E-state index in [4.69, 9.17) is 14.6 Å². The third-order valence-electron chi connectivity index (χ3n) is 3.38. The molecule has 8 nitrogen and oxygen atoms in total. The number of rotatable bonds is 7. The molecule has 23 heavy (non-hydrogen) atoms. The average Bonchev–Trinajstić information content (AvgIpc) is 2.90. The first kappa shape index (κ1) is 20.5. The Hall–Kier alpha value is -0.520. The molecule has 0 aromatic rings. The normalized spacial score (nSPS) is 26.2. The molecule has 0 aromatic carbocycles. The third-order valence-corrected chi connectivity index (χ3v) is 4.34. The van der Waals surface area contributed by atoms with Crippen LogP contribution < -0.4 is 5.32 Å². The van der Waals surface area contributed by atoms with Gasteiger partial charge in [0.2, 0.25) is 0 Å². The third kappa shape index (κ3) is 5.23.